The van der Waals surface area contributed by atoms with Crippen LogP contribution in [0.2, 0.25) is 0 Å². The molecule has 1 aliphatic heterocycles. The van der Waals surface area contributed by atoms with Crippen molar-refractivity contribution in [2.75, 3.05) is 38.7 Å². The van der Waals surface area contributed by atoms with Crippen molar-refractivity contribution in [1.29, 1.82) is 0 Å². The van der Waals surface area contributed by atoms with Crippen molar-refractivity contribution in [2.24, 2.45) is 0 Å². The molecule has 0 radical (unpaired) electrons. The third kappa shape index (κ3) is 7.76. The zero-order valence-corrected chi connectivity index (χ0v) is 19.5. The molecule has 1 aliphatic rings. The Bertz CT molecular complexity index is 1080. The van der Waals surface area contributed by atoms with Gasteiger partial charge in [-0.2, -0.15) is 8.42 Å². The first-order valence-corrected chi connectivity index (χ1v) is 12.1. The third-order valence-corrected chi connectivity index (χ3v) is 5.64. The van der Waals surface area contributed by atoms with Gasteiger partial charge >= 0.3 is 0 Å². The number of rotatable bonds is 8. The zero-order valence-electron chi connectivity index (χ0n) is 18.7. The van der Waals surface area contributed by atoms with E-state index in [-0.39, 0.29) is 54.6 Å². The molecule has 1 unspecified atom stereocenters. The van der Waals surface area contributed by atoms with E-state index in [0.717, 1.165) is 0 Å². The van der Waals surface area contributed by atoms with Crippen LogP contribution in [0.15, 0.2) is 36.5 Å². The maximum absolute atomic E-state index is 13.1. The van der Waals surface area contributed by atoms with E-state index in [4.69, 9.17) is 14.0 Å². The van der Waals surface area contributed by atoms with E-state index in [1.54, 1.807) is 35.4 Å². The van der Waals surface area contributed by atoms with Gasteiger partial charge in [0, 0.05) is 25.8 Å². The molecular weight excluding hydrogens is 468 g/mol. The van der Waals surface area contributed by atoms with Crippen LogP contribution in [-0.2, 0) is 21.3 Å². The minimum absolute atomic E-state index is 0.0644. The summed E-state index contributed by atoms with van der Waals surface area (Å²) in [5.41, 5.74) is 1.04. The van der Waals surface area contributed by atoms with Crippen LogP contribution < -0.4 is 4.74 Å². The Morgan fingerprint density at radius 3 is 2.71 bits per heavy atom. The van der Waals surface area contributed by atoms with Crippen molar-refractivity contribution >= 4 is 22.3 Å². The lowest BCUT2D eigenvalue weighted by Gasteiger charge is -2.35. The Kier molecular flexibility index (Phi) is 10.4. The average molecular weight is 497 g/mol. The summed E-state index contributed by atoms with van der Waals surface area (Å²) in [5, 5.41) is 19.0. The van der Waals surface area contributed by atoms with Gasteiger partial charge in [-0.15, -0.1) is 0 Å². The zero-order chi connectivity index (χ0) is 25.1. The highest BCUT2D eigenvalue weighted by atomic mass is 32.2. The summed E-state index contributed by atoms with van der Waals surface area (Å²) in [4.78, 5) is 30.1. The van der Waals surface area contributed by atoms with Gasteiger partial charge in [0.15, 0.2) is 6.29 Å². The van der Waals surface area contributed by atoms with Gasteiger partial charge in [-0.1, -0.05) is 6.07 Å². The molecule has 0 saturated carbocycles. The van der Waals surface area contributed by atoms with Gasteiger partial charge in [0.1, 0.15) is 18.1 Å². The van der Waals surface area contributed by atoms with E-state index in [2.05, 4.69) is 4.98 Å². The summed E-state index contributed by atoms with van der Waals surface area (Å²) < 4.78 is 38.1. The van der Waals surface area contributed by atoms with Crippen LogP contribution in [0, 0.1) is 0 Å². The van der Waals surface area contributed by atoms with Crippen molar-refractivity contribution in [2.45, 2.75) is 19.4 Å². The van der Waals surface area contributed by atoms with E-state index < -0.39 is 10.1 Å². The van der Waals surface area contributed by atoms with Gasteiger partial charge in [0.2, 0.25) is 0 Å². The molecule has 1 atom stereocenters. The summed E-state index contributed by atoms with van der Waals surface area (Å²) in [7, 11) is -3.66. The van der Waals surface area contributed by atoms with Crippen molar-refractivity contribution in [3.05, 3.63) is 53.3 Å². The van der Waals surface area contributed by atoms with Crippen LogP contribution in [0.1, 0.15) is 33.3 Å². The van der Waals surface area contributed by atoms with Gasteiger partial charge in [-0.05, 0) is 31.2 Å². The Morgan fingerprint density at radius 2 is 2.06 bits per heavy atom. The quantitative estimate of drug-likeness (QED) is 0.354. The molecule has 186 valence electrons. The number of aliphatic hydroxyl groups is 1. The molecule has 1 amide bonds. The maximum atomic E-state index is 13.1. The Morgan fingerprint density at radius 1 is 1.32 bits per heavy atom. The fourth-order valence-electron chi connectivity index (χ4n) is 3.12. The number of ether oxygens (including phenoxy) is 2. The number of phenols is 1. The second-order valence-electron chi connectivity index (χ2n) is 7.19. The van der Waals surface area contributed by atoms with Crippen LogP contribution in [-0.4, -0.2) is 90.0 Å². The van der Waals surface area contributed by atoms with Gasteiger partial charge in [0.25, 0.3) is 16.0 Å². The van der Waals surface area contributed by atoms with Gasteiger partial charge in [-0.25, -0.2) is 0 Å². The number of hydrogen-bond acceptors (Lipinski definition) is 9. The number of amides is 1. The molecule has 34 heavy (non-hydrogen) atoms. The number of nitrogens with zero attached hydrogens (tertiary/aromatic N) is 2. The first-order valence-electron chi connectivity index (χ1n) is 10.5. The summed E-state index contributed by atoms with van der Waals surface area (Å²) in [6, 6.07) is 7.57. The van der Waals surface area contributed by atoms with Gasteiger partial charge in [0.05, 0.1) is 41.8 Å². The molecule has 2 heterocycles. The van der Waals surface area contributed by atoms with Crippen molar-refractivity contribution in [1.82, 2.24) is 9.88 Å². The molecule has 1 aromatic carbocycles. The van der Waals surface area contributed by atoms with Gasteiger partial charge < -0.3 is 24.6 Å². The molecule has 11 nitrogen and oxygen atoms in total. The Hall–Kier alpha value is -3.06. The Balaban J connectivity index is 0.000000604. The van der Waals surface area contributed by atoms with E-state index in [0.29, 0.717) is 37.1 Å². The van der Waals surface area contributed by atoms with Crippen molar-refractivity contribution in [3.63, 3.8) is 0 Å². The highest BCUT2D eigenvalue weighted by Gasteiger charge is 2.30. The molecule has 3 N–H and O–H groups in total. The summed E-state index contributed by atoms with van der Waals surface area (Å²) >= 11 is 0. The van der Waals surface area contributed by atoms with Crippen LogP contribution >= 0.6 is 0 Å². The van der Waals surface area contributed by atoms with Crippen LogP contribution in [0.25, 0.3) is 0 Å². The smallest absolute Gasteiger partial charge is 0.264 e. The van der Waals surface area contributed by atoms with E-state index >= 15 is 0 Å². The number of morpholine rings is 1. The van der Waals surface area contributed by atoms with E-state index in [1.807, 2.05) is 0 Å². The third-order valence-electron chi connectivity index (χ3n) is 4.91. The number of carbonyl (C=O) groups is 2. The first-order chi connectivity index (χ1) is 16.2. The number of pyridine rings is 1. The molecule has 2 aromatic rings. The van der Waals surface area contributed by atoms with Crippen LogP contribution in [0.3, 0.4) is 0 Å². The molecule has 1 aromatic heterocycles. The summed E-state index contributed by atoms with van der Waals surface area (Å²) in [6.45, 7) is 2.46. The predicted molar refractivity (Wildman–Crippen MR) is 122 cm³/mol. The number of carbonyl (C=O) groups excluding carboxylic acids is 2. The summed E-state index contributed by atoms with van der Waals surface area (Å²) in [5.74, 6) is -0.327. The monoisotopic (exact) mass is 496 g/mol. The Labute approximate surface area is 197 Å². The number of aromatic nitrogens is 1. The molecular formula is C22H28N2O9S. The predicted octanol–water partition coefficient (Wildman–Crippen LogP) is 0.949. The summed E-state index contributed by atoms with van der Waals surface area (Å²) in [6.07, 6.45) is 2.41. The molecule has 0 spiro atoms. The first kappa shape index (κ1) is 27.2. The molecule has 0 bridgehead atoms. The van der Waals surface area contributed by atoms with E-state index in [1.165, 1.54) is 13.0 Å². The highest BCUT2D eigenvalue weighted by molar-refractivity contribution is 7.85. The average Bonchev–Trinajstić information content (AvgIpc) is 2.83. The number of aromatic hydroxyl groups is 1. The molecule has 1 saturated heterocycles. The van der Waals surface area contributed by atoms with E-state index in [9.17, 15) is 28.2 Å². The lowest BCUT2D eigenvalue weighted by atomic mass is 10.1. The van der Waals surface area contributed by atoms with Gasteiger partial charge in [-0.3, -0.25) is 19.1 Å². The second-order valence-corrected chi connectivity index (χ2v) is 8.93. The van der Waals surface area contributed by atoms with Crippen LogP contribution in [0.4, 0.5) is 0 Å². The largest absolute Gasteiger partial charge is 0.507 e. The van der Waals surface area contributed by atoms with Crippen molar-refractivity contribution < 1.29 is 42.2 Å². The van der Waals surface area contributed by atoms with Crippen LogP contribution in [0.5, 0.6) is 11.5 Å². The highest BCUT2D eigenvalue weighted by Crippen LogP contribution is 2.26. The number of aldehydes is 1. The SMILES string of the molecule is CCS(=O)(=O)O.O=Cc1c(O)cccc1OCC1COCCN1C(=O)c1cccnc1CCO. The van der Waals surface area contributed by atoms with Crippen molar-refractivity contribution in [3.8, 4) is 11.5 Å². The number of aliphatic hydroxyl groups excluding tert-OH is 1. The lowest BCUT2D eigenvalue weighted by molar-refractivity contribution is -0.0152. The number of benzene rings is 1. The maximum Gasteiger partial charge on any atom is 0.264 e. The lowest BCUT2D eigenvalue weighted by Crippen LogP contribution is -2.51. The topological polar surface area (TPSA) is 164 Å². The minimum Gasteiger partial charge on any atom is -0.507 e. The standard InChI is InChI=1S/C20H22N2O6.C2H6O3S/c23-9-6-17-15(3-2-7-21-17)20(26)22-8-10-27-12-14(22)13-28-19-5-1-4-18(25)16(19)11-24;1-2-6(3,4)5/h1-5,7,11,14,23,25H,6,8-10,12-13H2;2H2,1H3,(H,3,4,5). The normalized spacial score (nSPS) is 15.7. The molecule has 12 heteroatoms. The minimum atomic E-state index is -3.66. The second kappa shape index (κ2) is 13.0. The number of hydrogen-bond donors (Lipinski definition) is 3. The molecule has 3 rings (SSSR count). The number of phenolic OH excluding ortho intramolecular Hbond substituents is 1. The fourth-order valence-corrected chi connectivity index (χ4v) is 3.12. The fraction of sp³-hybridized carbons (Fsp3) is 0.409. The molecule has 1 fully saturated rings. The molecule has 0 aliphatic carbocycles.